The highest BCUT2D eigenvalue weighted by Crippen LogP contribution is 2.29. The first-order chi connectivity index (χ1) is 9.10. The minimum atomic E-state index is 0.652. The van der Waals surface area contributed by atoms with Crippen molar-refractivity contribution in [3.63, 3.8) is 0 Å². The van der Waals surface area contributed by atoms with Crippen LogP contribution in [0.4, 0.5) is 0 Å². The number of piperidine rings is 1. The fourth-order valence-electron chi connectivity index (χ4n) is 2.87. The van der Waals surface area contributed by atoms with Gasteiger partial charge in [-0.3, -0.25) is 0 Å². The molecule has 1 fully saturated rings. The molecule has 0 aliphatic carbocycles. The number of ether oxygens (including phenoxy) is 2. The third kappa shape index (κ3) is 3.63. The maximum atomic E-state index is 6.07. The van der Waals surface area contributed by atoms with Crippen LogP contribution in [0, 0.1) is 19.8 Å². The van der Waals surface area contributed by atoms with Gasteiger partial charge in [-0.25, -0.2) is 0 Å². The van der Waals surface area contributed by atoms with Gasteiger partial charge in [0.1, 0.15) is 11.5 Å². The second kappa shape index (κ2) is 6.29. The summed E-state index contributed by atoms with van der Waals surface area (Å²) in [5.74, 6) is 2.58. The Labute approximate surface area is 116 Å². The molecular formula is C16H25NO2. The van der Waals surface area contributed by atoms with Gasteiger partial charge in [0.05, 0.1) is 13.7 Å². The highest BCUT2D eigenvalue weighted by atomic mass is 16.5. The SMILES string of the molecule is COc1cc(C)c(OCC2CCCN(C)C2)c(C)c1. The smallest absolute Gasteiger partial charge is 0.125 e. The van der Waals surface area contributed by atoms with Crippen LogP contribution in [-0.4, -0.2) is 38.8 Å². The second-order valence-corrected chi connectivity index (χ2v) is 5.67. The van der Waals surface area contributed by atoms with Gasteiger partial charge < -0.3 is 14.4 Å². The highest BCUT2D eigenvalue weighted by molar-refractivity contribution is 5.45. The van der Waals surface area contributed by atoms with E-state index >= 15 is 0 Å². The largest absolute Gasteiger partial charge is 0.497 e. The third-order valence-corrected chi connectivity index (χ3v) is 3.85. The monoisotopic (exact) mass is 263 g/mol. The lowest BCUT2D eigenvalue weighted by Gasteiger charge is -2.29. The molecule has 1 heterocycles. The number of hydrogen-bond donors (Lipinski definition) is 0. The summed E-state index contributed by atoms with van der Waals surface area (Å²) < 4.78 is 11.3. The average Bonchev–Trinajstić information content (AvgIpc) is 2.37. The molecule has 1 aliphatic rings. The number of methoxy groups -OCH3 is 1. The zero-order valence-electron chi connectivity index (χ0n) is 12.5. The van der Waals surface area contributed by atoms with Gasteiger partial charge in [0, 0.05) is 12.5 Å². The molecule has 3 nitrogen and oxygen atoms in total. The van der Waals surface area contributed by atoms with E-state index < -0.39 is 0 Å². The van der Waals surface area contributed by atoms with Gasteiger partial charge in [0.25, 0.3) is 0 Å². The van der Waals surface area contributed by atoms with Crippen molar-refractivity contribution in [1.29, 1.82) is 0 Å². The Morgan fingerprint density at radius 1 is 1.26 bits per heavy atom. The summed E-state index contributed by atoms with van der Waals surface area (Å²) in [6, 6.07) is 4.07. The molecule has 0 spiro atoms. The molecule has 1 aromatic carbocycles. The first kappa shape index (κ1) is 14.2. The van der Waals surface area contributed by atoms with E-state index in [1.807, 2.05) is 12.1 Å². The van der Waals surface area contributed by atoms with E-state index in [0.29, 0.717) is 5.92 Å². The minimum Gasteiger partial charge on any atom is -0.497 e. The van der Waals surface area contributed by atoms with Crippen LogP contribution >= 0.6 is 0 Å². The van der Waals surface area contributed by atoms with Gasteiger partial charge in [0.15, 0.2) is 0 Å². The first-order valence-corrected chi connectivity index (χ1v) is 7.06. The number of rotatable bonds is 4. The summed E-state index contributed by atoms with van der Waals surface area (Å²) in [7, 11) is 3.89. The molecule has 0 amide bonds. The molecule has 0 saturated carbocycles. The molecule has 3 heteroatoms. The zero-order chi connectivity index (χ0) is 13.8. The lowest BCUT2D eigenvalue weighted by atomic mass is 9.99. The summed E-state index contributed by atoms with van der Waals surface area (Å²) in [5.41, 5.74) is 2.31. The topological polar surface area (TPSA) is 21.7 Å². The molecule has 1 aromatic rings. The van der Waals surface area contributed by atoms with E-state index in [0.717, 1.165) is 35.8 Å². The van der Waals surface area contributed by atoms with Crippen LogP contribution < -0.4 is 9.47 Å². The van der Waals surface area contributed by atoms with Crippen LogP contribution in [-0.2, 0) is 0 Å². The second-order valence-electron chi connectivity index (χ2n) is 5.67. The van der Waals surface area contributed by atoms with Gasteiger partial charge in [-0.1, -0.05) is 0 Å². The van der Waals surface area contributed by atoms with E-state index in [-0.39, 0.29) is 0 Å². The predicted octanol–water partition coefficient (Wildman–Crippen LogP) is 3.03. The molecule has 1 atom stereocenters. The minimum absolute atomic E-state index is 0.652. The Morgan fingerprint density at radius 3 is 2.53 bits per heavy atom. The lowest BCUT2D eigenvalue weighted by Crippen LogP contribution is -2.34. The molecule has 1 saturated heterocycles. The van der Waals surface area contributed by atoms with Crippen LogP contribution in [0.2, 0.25) is 0 Å². The lowest BCUT2D eigenvalue weighted by molar-refractivity contribution is 0.149. The predicted molar refractivity (Wildman–Crippen MR) is 78.2 cm³/mol. The molecule has 0 N–H and O–H groups in total. The van der Waals surface area contributed by atoms with Crippen molar-refractivity contribution in [2.45, 2.75) is 26.7 Å². The van der Waals surface area contributed by atoms with Gasteiger partial charge in [-0.15, -0.1) is 0 Å². The van der Waals surface area contributed by atoms with Gasteiger partial charge in [-0.2, -0.15) is 0 Å². The van der Waals surface area contributed by atoms with Crippen molar-refractivity contribution in [3.8, 4) is 11.5 Å². The van der Waals surface area contributed by atoms with Crippen molar-refractivity contribution in [2.75, 3.05) is 33.9 Å². The van der Waals surface area contributed by atoms with E-state index in [1.165, 1.54) is 19.4 Å². The van der Waals surface area contributed by atoms with Crippen molar-refractivity contribution < 1.29 is 9.47 Å². The summed E-state index contributed by atoms with van der Waals surface area (Å²) in [6.07, 6.45) is 2.56. The molecule has 19 heavy (non-hydrogen) atoms. The Balaban J connectivity index is 1.99. The number of benzene rings is 1. The normalized spacial score (nSPS) is 20.3. The summed E-state index contributed by atoms with van der Waals surface area (Å²) in [5, 5.41) is 0. The fraction of sp³-hybridized carbons (Fsp3) is 0.625. The zero-order valence-corrected chi connectivity index (χ0v) is 12.5. The van der Waals surface area contributed by atoms with E-state index in [4.69, 9.17) is 9.47 Å². The molecule has 2 rings (SSSR count). The van der Waals surface area contributed by atoms with Crippen LogP contribution in [0.3, 0.4) is 0 Å². The fourth-order valence-corrected chi connectivity index (χ4v) is 2.87. The number of hydrogen-bond acceptors (Lipinski definition) is 3. The Hall–Kier alpha value is -1.22. The van der Waals surface area contributed by atoms with E-state index in [2.05, 4.69) is 25.8 Å². The Bertz CT molecular complexity index is 408. The maximum Gasteiger partial charge on any atom is 0.125 e. The molecule has 1 aliphatic heterocycles. The summed E-state index contributed by atoms with van der Waals surface area (Å²) in [4.78, 5) is 2.39. The van der Waals surface area contributed by atoms with Crippen LogP contribution in [0.5, 0.6) is 11.5 Å². The van der Waals surface area contributed by atoms with Crippen LogP contribution in [0.15, 0.2) is 12.1 Å². The van der Waals surface area contributed by atoms with Gasteiger partial charge >= 0.3 is 0 Å². The average molecular weight is 263 g/mol. The summed E-state index contributed by atoms with van der Waals surface area (Å²) >= 11 is 0. The molecule has 0 bridgehead atoms. The molecular weight excluding hydrogens is 238 g/mol. The Kier molecular flexibility index (Phi) is 4.70. The van der Waals surface area contributed by atoms with E-state index in [9.17, 15) is 0 Å². The quantitative estimate of drug-likeness (QED) is 0.833. The number of likely N-dealkylation sites (tertiary alicyclic amines) is 1. The maximum absolute atomic E-state index is 6.07. The molecule has 0 radical (unpaired) electrons. The number of aryl methyl sites for hydroxylation is 2. The third-order valence-electron chi connectivity index (χ3n) is 3.85. The Morgan fingerprint density at radius 2 is 1.95 bits per heavy atom. The van der Waals surface area contributed by atoms with Crippen molar-refractivity contribution in [3.05, 3.63) is 23.3 Å². The van der Waals surface area contributed by atoms with Crippen molar-refractivity contribution in [2.24, 2.45) is 5.92 Å². The van der Waals surface area contributed by atoms with Gasteiger partial charge in [0.2, 0.25) is 0 Å². The number of nitrogens with zero attached hydrogens (tertiary/aromatic N) is 1. The molecule has 1 unspecified atom stereocenters. The first-order valence-electron chi connectivity index (χ1n) is 7.06. The van der Waals surface area contributed by atoms with Crippen LogP contribution in [0.1, 0.15) is 24.0 Å². The van der Waals surface area contributed by atoms with Gasteiger partial charge in [-0.05, 0) is 63.5 Å². The van der Waals surface area contributed by atoms with E-state index in [1.54, 1.807) is 7.11 Å². The van der Waals surface area contributed by atoms with Crippen molar-refractivity contribution >= 4 is 0 Å². The standard InChI is InChI=1S/C16H25NO2/c1-12-8-15(18-4)9-13(2)16(12)19-11-14-6-5-7-17(3)10-14/h8-9,14H,5-7,10-11H2,1-4H3. The summed E-state index contributed by atoms with van der Waals surface area (Å²) in [6.45, 7) is 7.35. The molecule has 0 aromatic heterocycles. The van der Waals surface area contributed by atoms with Crippen molar-refractivity contribution in [1.82, 2.24) is 4.90 Å². The van der Waals surface area contributed by atoms with Crippen LogP contribution in [0.25, 0.3) is 0 Å². The molecule has 106 valence electrons. The highest BCUT2D eigenvalue weighted by Gasteiger charge is 2.18.